The van der Waals surface area contributed by atoms with Crippen LogP contribution in [0.2, 0.25) is 0 Å². The summed E-state index contributed by atoms with van der Waals surface area (Å²) in [4.78, 5) is 39.9. The Labute approximate surface area is 187 Å². The lowest BCUT2D eigenvalue weighted by atomic mass is 9.93. The van der Waals surface area contributed by atoms with E-state index in [1.54, 1.807) is 43.4 Å². The van der Waals surface area contributed by atoms with Crippen molar-refractivity contribution in [3.05, 3.63) is 59.7 Å². The Bertz CT molecular complexity index is 943. The number of likely N-dealkylation sites (tertiary alicyclic amines) is 1. The number of unbranched alkanes of at least 4 members (excludes halogenated alkanes) is 1. The fourth-order valence-electron chi connectivity index (χ4n) is 3.86. The van der Waals surface area contributed by atoms with Gasteiger partial charge in [-0.1, -0.05) is 25.5 Å². The van der Waals surface area contributed by atoms with Gasteiger partial charge in [-0.3, -0.25) is 25.2 Å². The Balaban J connectivity index is 1.74. The van der Waals surface area contributed by atoms with Crippen LogP contribution < -0.4 is 20.3 Å². The Hall–Kier alpha value is -3.55. The second-order valence-corrected chi connectivity index (χ2v) is 7.64. The zero-order chi connectivity index (χ0) is 23.1. The number of carbonyl (C=O) groups excluding carboxylic acids is 3. The van der Waals surface area contributed by atoms with Crippen LogP contribution in [-0.4, -0.2) is 43.4 Å². The Morgan fingerprint density at radius 1 is 0.969 bits per heavy atom. The largest absolute Gasteiger partial charge is 0.497 e. The molecule has 1 saturated heterocycles. The Morgan fingerprint density at radius 3 is 2.12 bits per heavy atom. The van der Waals surface area contributed by atoms with E-state index in [1.807, 2.05) is 24.3 Å². The highest BCUT2D eigenvalue weighted by Crippen LogP contribution is 2.39. The minimum Gasteiger partial charge on any atom is -0.497 e. The normalized spacial score (nSPS) is 17.7. The summed E-state index contributed by atoms with van der Waals surface area (Å²) in [5, 5.41) is 0. The summed E-state index contributed by atoms with van der Waals surface area (Å²) in [6.45, 7) is 2.63. The average Bonchev–Trinajstić information content (AvgIpc) is 3.17. The molecule has 1 heterocycles. The van der Waals surface area contributed by atoms with Crippen molar-refractivity contribution >= 4 is 17.7 Å². The maximum Gasteiger partial charge on any atom is 0.269 e. The third-order valence-corrected chi connectivity index (χ3v) is 5.63. The van der Waals surface area contributed by atoms with Crippen LogP contribution in [-0.2, 0) is 9.59 Å². The molecule has 0 radical (unpaired) electrons. The van der Waals surface area contributed by atoms with E-state index >= 15 is 0 Å². The van der Waals surface area contributed by atoms with Crippen molar-refractivity contribution in [2.24, 2.45) is 5.92 Å². The number of hydrogen-bond donors (Lipinski definition) is 2. The van der Waals surface area contributed by atoms with Crippen LogP contribution in [0.1, 0.15) is 48.1 Å². The zero-order valence-corrected chi connectivity index (χ0v) is 18.6. The number of benzene rings is 2. The number of carbonyl (C=O) groups is 3. The predicted molar refractivity (Wildman–Crippen MR) is 119 cm³/mol. The maximum absolute atomic E-state index is 13.0. The minimum absolute atomic E-state index is 0.0686. The average molecular weight is 440 g/mol. The van der Waals surface area contributed by atoms with Crippen LogP contribution in [0.4, 0.5) is 0 Å². The summed E-state index contributed by atoms with van der Waals surface area (Å²) in [5.41, 5.74) is 6.18. The SMILES string of the molecule is CCCCN1C(=O)CC(C(=O)NNC(=O)c2ccc(OC)cc2)C1c1ccc(OC)cc1. The van der Waals surface area contributed by atoms with Crippen molar-refractivity contribution in [1.29, 1.82) is 0 Å². The molecule has 0 bridgehead atoms. The molecular weight excluding hydrogens is 410 g/mol. The Morgan fingerprint density at radius 2 is 1.56 bits per heavy atom. The van der Waals surface area contributed by atoms with Crippen molar-refractivity contribution in [3.8, 4) is 11.5 Å². The molecular formula is C24H29N3O5. The molecule has 0 aliphatic carbocycles. The second kappa shape index (κ2) is 10.7. The van der Waals surface area contributed by atoms with Crippen molar-refractivity contribution in [1.82, 2.24) is 15.8 Å². The molecule has 2 aromatic rings. The van der Waals surface area contributed by atoms with Crippen molar-refractivity contribution in [2.75, 3.05) is 20.8 Å². The molecule has 1 aliphatic rings. The van der Waals surface area contributed by atoms with Gasteiger partial charge < -0.3 is 14.4 Å². The summed E-state index contributed by atoms with van der Waals surface area (Å²) >= 11 is 0. The standard InChI is InChI=1S/C24H29N3O5/c1-4-5-14-27-21(28)15-20(22(27)16-6-10-18(31-2)11-7-16)24(30)26-25-23(29)17-8-12-19(32-3)13-9-17/h6-13,20,22H,4-5,14-15H2,1-3H3,(H,25,29)(H,26,30). The van der Waals surface area contributed by atoms with Crippen LogP contribution in [0.3, 0.4) is 0 Å². The van der Waals surface area contributed by atoms with E-state index in [1.165, 1.54) is 0 Å². The molecule has 0 aromatic heterocycles. The quantitative estimate of drug-likeness (QED) is 0.617. The molecule has 3 amide bonds. The van der Waals surface area contributed by atoms with E-state index in [2.05, 4.69) is 17.8 Å². The summed E-state index contributed by atoms with van der Waals surface area (Å²) in [5.74, 6) is -0.213. The fraction of sp³-hybridized carbons (Fsp3) is 0.375. The van der Waals surface area contributed by atoms with Crippen LogP contribution in [0.5, 0.6) is 11.5 Å². The molecule has 8 heteroatoms. The minimum atomic E-state index is -0.621. The van der Waals surface area contributed by atoms with Gasteiger partial charge in [0.25, 0.3) is 5.91 Å². The van der Waals surface area contributed by atoms with E-state index in [0.29, 0.717) is 23.6 Å². The van der Waals surface area contributed by atoms with Gasteiger partial charge in [0.2, 0.25) is 11.8 Å². The monoisotopic (exact) mass is 439 g/mol. The first-order valence-corrected chi connectivity index (χ1v) is 10.7. The summed E-state index contributed by atoms with van der Waals surface area (Å²) < 4.78 is 10.3. The topological polar surface area (TPSA) is 97.0 Å². The highest BCUT2D eigenvalue weighted by Gasteiger charge is 2.44. The molecule has 32 heavy (non-hydrogen) atoms. The molecule has 1 fully saturated rings. The first-order valence-electron chi connectivity index (χ1n) is 10.7. The van der Waals surface area contributed by atoms with E-state index in [0.717, 1.165) is 18.4 Å². The third-order valence-electron chi connectivity index (χ3n) is 5.63. The van der Waals surface area contributed by atoms with Crippen LogP contribution in [0, 0.1) is 5.92 Å². The number of nitrogens with zero attached hydrogens (tertiary/aromatic N) is 1. The number of hydrazine groups is 1. The van der Waals surface area contributed by atoms with Gasteiger partial charge in [0.1, 0.15) is 11.5 Å². The lowest BCUT2D eigenvalue weighted by Crippen LogP contribution is -2.45. The molecule has 2 aromatic carbocycles. The second-order valence-electron chi connectivity index (χ2n) is 7.64. The van der Waals surface area contributed by atoms with Crippen molar-refractivity contribution in [3.63, 3.8) is 0 Å². The summed E-state index contributed by atoms with van der Waals surface area (Å²) in [6, 6.07) is 13.5. The van der Waals surface area contributed by atoms with Gasteiger partial charge in [0.05, 0.1) is 26.2 Å². The van der Waals surface area contributed by atoms with Crippen LogP contribution >= 0.6 is 0 Å². The van der Waals surface area contributed by atoms with E-state index in [9.17, 15) is 14.4 Å². The number of methoxy groups -OCH3 is 2. The molecule has 1 aliphatic heterocycles. The van der Waals surface area contributed by atoms with Gasteiger partial charge in [-0.15, -0.1) is 0 Å². The first-order chi connectivity index (χ1) is 15.5. The predicted octanol–water partition coefficient (Wildman–Crippen LogP) is 2.85. The van der Waals surface area contributed by atoms with Crippen molar-refractivity contribution in [2.45, 2.75) is 32.2 Å². The van der Waals surface area contributed by atoms with E-state index < -0.39 is 23.8 Å². The summed E-state index contributed by atoms with van der Waals surface area (Å²) in [6.07, 6.45) is 1.87. The van der Waals surface area contributed by atoms with E-state index in [-0.39, 0.29) is 12.3 Å². The number of amides is 3. The smallest absolute Gasteiger partial charge is 0.269 e. The van der Waals surface area contributed by atoms with Gasteiger partial charge in [-0.2, -0.15) is 0 Å². The molecule has 170 valence electrons. The molecule has 0 saturated carbocycles. The van der Waals surface area contributed by atoms with Gasteiger partial charge in [-0.05, 0) is 48.4 Å². The highest BCUT2D eigenvalue weighted by molar-refractivity contribution is 5.96. The van der Waals surface area contributed by atoms with Gasteiger partial charge >= 0.3 is 0 Å². The van der Waals surface area contributed by atoms with Crippen LogP contribution in [0.15, 0.2) is 48.5 Å². The molecule has 3 rings (SSSR count). The number of rotatable bonds is 8. The molecule has 2 N–H and O–H groups in total. The molecule has 8 nitrogen and oxygen atoms in total. The Kier molecular flexibility index (Phi) is 7.70. The number of hydrogen-bond acceptors (Lipinski definition) is 5. The van der Waals surface area contributed by atoms with Gasteiger partial charge in [0, 0.05) is 18.5 Å². The molecule has 0 spiro atoms. The fourth-order valence-corrected chi connectivity index (χ4v) is 3.86. The highest BCUT2D eigenvalue weighted by atomic mass is 16.5. The van der Waals surface area contributed by atoms with E-state index in [4.69, 9.17) is 9.47 Å². The van der Waals surface area contributed by atoms with Gasteiger partial charge in [-0.25, -0.2) is 0 Å². The molecule has 2 atom stereocenters. The van der Waals surface area contributed by atoms with Crippen molar-refractivity contribution < 1.29 is 23.9 Å². The zero-order valence-electron chi connectivity index (χ0n) is 18.6. The number of nitrogens with one attached hydrogen (secondary N) is 2. The lowest BCUT2D eigenvalue weighted by Gasteiger charge is -2.28. The third kappa shape index (κ3) is 5.19. The summed E-state index contributed by atoms with van der Waals surface area (Å²) in [7, 11) is 3.13. The lowest BCUT2D eigenvalue weighted by molar-refractivity contribution is -0.129. The number of ether oxygens (including phenoxy) is 2. The molecule has 2 unspecified atom stereocenters. The van der Waals surface area contributed by atoms with Crippen LogP contribution in [0.25, 0.3) is 0 Å². The maximum atomic E-state index is 13.0. The first kappa shape index (κ1) is 23.1. The van der Waals surface area contributed by atoms with Gasteiger partial charge in [0.15, 0.2) is 0 Å².